The van der Waals surface area contributed by atoms with Crippen molar-refractivity contribution in [1.29, 1.82) is 0 Å². The van der Waals surface area contributed by atoms with Crippen molar-refractivity contribution in [2.45, 2.75) is 25.5 Å². The molecule has 29 heavy (non-hydrogen) atoms. The van der Waals surface area contributed by atoms with Gasteiger partial charge in [-0.1, -0.05) is 48.5 Å². The summed E-state index contributed by atoms with van der Waals surface area (Å²) in [6.45, 7) is 1.22. The van der Waals surface area contributed by atoms with E-state index in [0.717, 1.165) is 18.4 Å². The monoisotopic (exact) mass is 390 g/mol. The molecule has 0 radical (unpaired) electrons. The third-order valence-corrected chi connectivity index (χ3v) is 5.27. The molecule has 1 atom stereocenters. The van der Waals surface area contributed by atoms with Gasteiger partial charge in [0.05, 0.1) is 13.7 Å². The number of hydrogen-bond donors (Lipinski definition) is 2. The molecule has 0 spiro atoms. The number of aliphatic hydroxyl groups excluding tert-OH is 1. The minimum atomic E-state index is -0.00997. The van der Waals surface area contributed by atoms with Gasteiger partial charge in [-0.2, -0.15) is 4.98 Å². The van der Waals surface area contributed by atoms with E-state index in [4.69, 9.17) is 14.6 Å². The fourth-order valence-corrected chi connectivity index (χ4v) is 3.90. The zero-order valence-electron chi connectivity index (χ0n) is 16.6. The van der Waals surface area contributed by atoms with Gasteiger partial charge >= 0.3 is 0 Å². The van der Waals surface area contributed by atoms with E-state index in [1.54, 1.807) is 7.11 Å². The minimum absolute atomic E-state index is 0.00997. The van der Waals surface area contributed by atoms with Crippen LogP contribution in [-0.2, 0) is 13.0 Å². The molecular weight excluding hydrogens is 364 g/mol. The number of rotatable bonds is 8. The van der Waals surface area contributed by atoms with Gasteiger partial charge in [0.1, 0.15) is 6.10 Å². The average molecular weight is 390 g/mol. The molecule has 150 valence electrons. The van der Waals surface area contributed by atoms with Crippen LogP contribution in [0.4, 0.5) is 0 Å². The van der Waals surface area contributed by atoms with E-state index in [0.29, 0.717) is 24.8 Å². The van der Waals surface area contributed by atoms with E-state index < -0.39 is 0 Å². The molecule has 1 aromatic heterocycles. The van der Waals surface area contributed by atoms with Gasteiger partial charge in [0, 0.05) is 24.7 Å². The number of ether oxygens (including phenoxy) is 2. The van der Waals surface area contributed by atoms with Crippen molar-refractivity contribution in [3.63, 3.8) is 0 Å². The SMILES string of the molecule is COc1nc(O[C@@H]2CCc3c(-c4ccccc4)cccc32)ccc1CNCCO. The van der Waals surface area contributed by atoms with Crippen molar-refractivity contribution in [2.24, 2.45) is 0 Å². The Balaban J connectivity index is 1.54. The third kappa shape index (κ3) is 4.26. The Kier molecular flexibility index (Phi) is 6.08. The number of nitrogens with one attached hydrogen (secondary N) is 1. The van der Waals surface area contributed by atoms with Gasteiger partial charge in [0.25, 0.3) is 0 Å². The number of aromatic nitrogens is 1. The van der Waals surface area contributed by atoms with Crippen LogP contribution in [0, 0.1) is 0 Å². The maximum atomic E-state index is 8.92. The normalized spacial score (nSPS) is 15.2. The highest BCUT2D eigenvalue weighted by Gasteiger charge is 2.27. The Morgan fingerprint density at radius 3 is 2.72 bits per heavy atom. The number of pyridine rings is 1. The Bertz CT molecular complexity index is 960. The fraction of sp³-hybridized carbons (Fsp3) is 0.292. The zero-order valence-corrected chi connectivity index (χ0v) is 16.6. The van der Waals surface area contributed by atoms with Crippen LogP contribution in [0.25, 0.3) is 11.1 Å². The summed E-state index contributed by atoms with van der Waals surface area (Å²) in [4.78, 5) is 4.54. The molecule has 2 aromatic carbocycles. The topological polar surface area (TPSA) is 63.6 Å². The lowest BCUT2D eigenvalue weighted by Crippen LogP contribution is -2.18. The lowest BCUT2D eigenvalue weighted by atomic mass is 9.97. The van der Waals surface area contributed by atoms with Crippen molar-refractivity contribution >= 4 is 0 Å². The second-order valence-corrected chi connectivity index (χ2v) is 7.10. The number of nitrogens with zero attached hydrogens (tertiary/aromatic N) is 1. The summed E-state index contributed by atoms with van der Waals surface area (Å²) in [7, 11) is 1.61. The van der Waals surface area contributed by atoms with Crippen LogP contribution in [0.2, 0.25) is 0 Å². The molecule has 1 aliphatic rings. The third-order valence-electron chi connectivity index (χ3n) is 5.27. The van der Waals surface area contributed by atoms with Crippen molar-refractivity contribution in [3.8, 4) is 22.9 Å². The van der Waals surface area contributed by atoms with Crippen molar-refractivity contribution in [3.05, 3.63) is 77.4 Å². The summed E-state index contributed by atoms with van der Waals surface area (Å²) in [6, 6.07) is 20.8. The number of fused-ring (bicyclic) bond motifs is 1. The van der Waals surface area contributed by atoms with Crippen LogP contribution in [0.3, 0.4) is 0 Å². The van der Waals surface area contributed by atoms with E-state index in [1.165, 1.54) is 22.3 Å². The quantitative estimate of drug-likeness (QED) is 0.571. The Morgan fingerprint density at radius 2 is 1.93 bits per heavy atom. The number of benzene rings is 2. The van der Waals surface area contributed by atoms with Crippen LogP contribution in [0.1, 0.15) is 29.2 Å². The summed E-state index contributed by atoms with van der Waals surface area (Å²) in [5, 5.41) is 12.1. The molecule has 0 aliphatic heterocycles. The number of hydrogen-bond acceptors (Lipinski definition) is 5. The second-order valence-electron chi connectivity index (χ2n) is 7.10. The maximum absolute atomic E-state index is 8.92. The number of aliphatic hydroxyl groups is 1. The second kappa shape index (κ2) is 9.07. The molecular formula is C24H26N2O3. The van der Waals surface area contributed by atoms with Crippen LogP contribution in [0.15, 0.2) is 60.7 Å². The molecule has 0 amide bonds. The van der Waals surface area contributed by atoms with Crippen molar-refractivity contribution in [1.82, 2.24) is 10.3 Å². The van der Waals surface area contributed by atoms with Gasteiger partial charge in [-0.3, -0.25) is 0 Å². The van der Waals surface area contributed by atoms with E-state index in [1.807, 2.05) is 18.2 Å². The van der Waals surface area contributed by atoms with Crippen LogP contribution < -0.4 is 14.8 Å². The smallest absolute Gasteiger partial charge is 0.220 e. The summed E-state index contributed by atoms with van der Waals surface area (Å²) >= 11 is 0. The molecule has 2 N–H and O–H groups in total. The first-order valence-electron chi connectivity index (χ1n) is 9.99. The van der Waals surface area contributed by atoms with E-state index in [-0.39, 0.29) is 12.7 Å². The Labute approximate surface area is 171 Å². The molecule has 5 heteroatoms. The molecule has 0 bridgehead atoms. The standard InChI is InChI=1S/C24H26N2O3/c1-28-24-18(16-25-14-15-27)10-13-23(26-24)29-22-12-11-20-19(8-5-9-21(20)22)17-6-3-2-4-7-17/h2-10,13,22,25,27H,11-12,14-16H2,1H3/t22-/m1/s1. The van der Waals surface area contributed by atoms with E-state index in [2.05, 4.69) is 52.8 Å². The highest BCUT2D eigenvalue weighted by molar-refractivity contribution is 5.69. The van der Waals surface area contributed by atoms with Gasteiger partial charge in [-0.05, 0) is 41.2 Å². The summed E-state index contributed by atoms with van der Waals surface area (Å²) in [6.07, 6.45) is 1.91. The van der Waals surface area contributed by atoms with Crippen LogP contribution in [-0.4, -0.2) is 30.4 Å². The predicted molar refractivity (Wildman–Crippen MR) is 113 cm³/mol. The molecule has 0 fully saturated rings. The van der Waals surface area contributed by atoms with Crippen LogP contribution >= 0.6 is 0 Å². The van der Waals surface area contributed by atoms with Crippen LogP contribution in [0.5, 0.6) is 11.8 Å². The van der Waals surface area contributed by atoms with Gasteiger partial charge in [-0.25, -0.2) is 0 Å². The minimum Gasteiger partial charge on any atom is -0.481 e. The lowest BCUT2D eigenvalue weighted by Gasteiger charge is -2.16. The largest absolute Gasteiger partial charge is 0.481 e. The highest BCUT2D eigenvalue weighted by Crippen LogP contribution is 2.40. The average Bonchev–Trinajstić information content (AvgIpc) is 3.18. The molecule has 0 saturated heterocycles. The first-order chi connectivity index (χ1) is 14.3. The van der Waals surface area contributed by atoms with Gasteiger partial charge in [-0.15, -0.1) is 0 Å². The summed E-state index contributed by atoms with van der Waals surface area (Å²) in [5.74, 6) is 1.11. The predicted octanol–water partition coefficient (Wildman–Crippen LogP) is 3.91. The van der Waals surface area contributed by atoms with Gasteiger partial charge in [0.2, 0.25) is 11.8 Å². The first-order valence-corrected chi connectivity index (χ1v) is 9.99. The summed E-state index contributed by atoms with van der Waals surface area (Å²) in [5.41, 5.74) is 6.06. The summed E-state index contributed by atoms with van der Waals surface area (Å²) < 4.78 is 11.7. The fourth-order valence-electron chi connectivity index (χ4n) is 3.90. The number of methoxy groups -OCH3 is 1. The van der Waals surface area contributed by atoms with Crippen molar-refractivity contribution < 1.29 is 14.6 Å². The molecule has 5 nitrogen and oxygen atoms in total. The molecule has 1 aliphatic carbocycles. The van der Waals surface area contributed by atoms with E-state index in [9.17, 15) is 0 Å². The molecule has 1 heterocycles. The molecule has 4 rings (SSSR count). The maximum Gasteiger partial charge on any atom is 0.220 e. The zero-order chi connectivity index (χ0) is 20.1. The molecule has 0 unspecified atom stereocenters. The van der Waals surface area contributed by atoms with Crippen molar-refractivity contribution in [2.75, 3.05) is 20.3 Å². The molecule has 0 saturated carbocycles. The Hall–Kier alpha value is -2.89. The first kappa shape index (κ1) is 19.4. The van der Waals surface area contributed by atoms with E-state index >= 15 is 0 Å². The molecule has 3 aromatic rings. The van der Waals surface area contributed by atoms with Gasteiger partial charge < -0.3 is 19.9 Å². The van der Waals surface area contributed by atoms with Gasteiger partial charge in [0.15, 0.2) is 0 Å². The lowest BCUT2D eigenvalue weighted by molar-refractivity contribution is 0.196. The Morgan fingerprint density at radius 1 is 1.07 bits per heavy atom. The highest BCUT2D eigenvalue weighted by atomic mass is 16.5.